The third kappa shape index (κ3) is 1.95. The molecule has 102 valence electrons. The standard InChI is InChI=1S/C18H11BN2O/c19-18-3-1-2-15(21-18)12-5-7-16-14(9-12)13-6-4-11(10-20)8-17(13)22-16/h1-9H,19H2. The highest BCUT2D eigenvalue weighted by atomic mass is 16.3. The van der Waals surface area contributed by atoms with Crippen LogP contribution in [0.3, 0.4) is 0 Å². The van der Waals surface area contributed by atoms with Crippen molar-refractivity contribution in [2.75, 3.05) is 0 Å². The molecule has 0 saturated carbocycles. The van der Waals surface area contributed by atoms with Crippen molar-refractivity contribution < 1.29 is 4.42 Å². The largest absolute Gasteiger partial charge is 0.456 e. The minimum absolute atomic E-state index is 0.604. The third-order valence-corrected chi connectivity index (χ3v) is 3.78. The molecule has 2 heterocycles. The number of nitrogens with zero attached hydrogens (tertiary/aromatic N) is 2. The molecule has 0 aliphatic rings. The Hall–Kier alpha value is -3.06. The highest BCUT2D eigenvalue weighted by Gasteiger charge is 2.09. The summed E-state index contributed by atoms with van der Waals surface area (Å²) in [4.78, 5) is 4.57. The number of hydrogen-bond acceptors (Lipinski definition) is 3. The molecule has 0 radical (unpaired) electrons. The quantitative estimate of drug-likeness (QED) is 0.504. The predicted molar refractivity (Wildman–Crippen MR) is 89.8 cm³/mol. The van der Waals surface area contributed by atoms with Gasteiger partial charge in [0.1, 0.15) is 11.2 Å². The molecular weight excluding hydrogens is 271 g/mol. The second-order valence-corrected chi connectivity index (χ2v) is 5.30. The van der Waals surface area contributed by atoms with Gasteiger partial charge in [-0.1, -0.05) is 12.1 Å². The van der Waals surface area contributed by atoms with Gasteiger partial charge in [0.15, 0.2) is 7.85 Å². The van der Waals surface area contributed by atoms with Gasteiger partial charge in [0.05, 0.1) is 17.3 Å². The SMILES string of the molecule is Bc1cccc(-c2ccc3oc4cc(C#N)ccc4c3c2)n1. The Morgan fingerprint density at radius 3 is 2.68 bits per heavy atom. The van der Waals surface area contributed by atoms with Gasteiger partial charge in [-0.3, -0.25) is 4.98 Å². The van der Waals surface area contributed by atoms with Crippen LogP contribution in [0, 0.1) is 11.3 Å². The van der Waals surface area contributed by atoms with Crippen LogP contribution in [0.2, 0.25) is 0 Å². The van der Waals surface area contributed by atoms with Gasteiger partial charge in [0.2, 0.25) is 0 Å². The topological polar surface area (TPSA) is 49.8 Å². The molecule has 0 bridgehead atoms. The number of nitriles is 1. The minimum Gasteiger partial charge on any atom is -0.456 e. The maximum absolute atomic E-state index is 8.99. The average molecular weight is 282 g/mol. The van der Waals surface area contributed by atoms with E-state index in [1.165, 1.54) is 0 Å². The maximum Gasteiger partial charge on any atom is 0.163 e. The van der Waals surface area contributed by atoms with Gasteiger partial charge in [0.25, 0.3) is 0 Å². The van der Waals surface area contributed by atoms with Gasteiger partial charge in [-0.25, -0.2) is 0 Å². The van der Waals surface area contributed by atoms with Gasteiger partial charge in [-0.2, -0.15) is 5.26 Å². The van der Waals surface area contributed by atoms with E-state index in [0.717, 1.165) is 38.8 Å². The van der Waals surface area contributed by atoms with Crippen LogP contribution in [0.25, 0.3) is 33.2 Å². The number of rotatable bonds is 1. The van der Waals surface area contributed by atoms with Crippen LogP contribution < -0.4 is 5.59 Å². The molecule has 4 rings (SSSR count). The van der Waals surface area contributed by atoms with E-state index in [-0.39, 0.29) is 0 Å². The summed E-state index contributed by atoms with van der Waals surface area (Å²) >= 11 is 0. The summed E-state index contributed by atoms with van der Waals surface area (Å²) in [6, 6.07) is 19.7. The molecule has 4 aromatic rings. The van der Waals surface area contributed by atoms with Crippen LogP contribution in [0.15, 0.2) is 59.0 Å². The van der Waals surface area contributed by atoms with E-state index in [2.05, 4.69) is 17.1 Å². The van der Waals surface area contributed by atoms with Crippen LogP contribution >= 0.6 is 0 Å². The number of aromatic nitrogens is 1. The molecule has 0 spiro atoms. The zero-order valence-electron chi connectivity index (χ0n) is 12.0. The minimum atomic E-state index is 0.604. The van der Waals surface area contributed by atoms with Crippen molar-refractivity contribution in [1.29, 1.82) is 5.26 Å². The first-order valence-electron chi connectivity index (χ1n) is 7.05. The number of benzene rings is 2. The summed E-state index contributed by atoms with van der Waals surface area (Å²) in [5.41, 5.74) is 5.17. The highest BCUT2D eigenvalue weighted by molar-refractivity contribution is 6.30. The van der Waals surface area contributed by atoms with Gasteiger partial charge in [-0.05, 0) is 48.1 Å². The monoisotopic (exact) mass is 282 g/mol. The molecule has 3 nitrogen and oxygen atoms in total. The maximum atomic E-state index is 8.99. The fourth-order valence-electron chi connectivity index (χ4n) is 2.71. The summed E-state index contributed by atoms with van der Waals surface area (Å²) < 4.78 is 5.84. The van der Waals surface area contributed by atoms with Crippen LogP contribution in [0.5, 0.6) is 0 Å². The lowest BCUT2D eigenvalue weighted by atomic mass is 10.0. The Morgan fingerprint density at radius 2 is 1.86 bits per heavy atom. The van der Waals surface area contributed by atoms with E-state index in [9.17, 15) is 0 Å². The molecule has 0 amide bonds. The Morgan fingerprint density at radius 1 is 0.955 bits per heavy atom. The lowest BCUT2D eigenvalue weighted by molar-refractivity contribution is 0.669. The summed E-state index contributed by atoms with van der Waals surface area (Å²) in [5.74, 6) is 0. The lowest BCUT2D eigenvalue weighted by Gasteiger charge is -2.02. The first kappa shape index (κ1) is 12.7. The Bertz CT molecular complexity index is 1060. The summed E-state index contributed by atoms with van der Waals surface area (Å²) in [6.45, 7) is 0. The van der Waals surface area contributed by atoms with Gasteiger partial charge in [0, 0.05) is 16.3 Å². The van der Waals surface area contributed by atoms with Gasteiger partial charge < -0.3 is 4.42 Å². The summed E-state index contributed by atoms with van der Waals surface area (Å²) in [7, 11) is 1.98. The van der Waals surface area contributed by atoms with Crippen LogP contribution in [0.4, 0.5) is 0 Å². The van der Waals surface area contributed by atoms with E-state index in [4.69, 9.17) is 9.68 Å². The molecule has 0 atom stereocenters. The van der Waals surface area contributed by atoms with Crippen molar-refractivity contribution in [1.82, 2.24) is 4.98 Å². The van der Waals surface area contributed by atoms with Crippen molar-refractivity contribution in [2.24, 2.45) is 0 Å². The molecular formula is C18H11BN2O. The number of hydrogen-bond donors (Lipinski definition) is 0. The fraction of sp³-hybridized carbons (Fsp3) is 0. The second-order valence-electron chi connectivity index (χ2n) is 5.30. The molecule has 22 heavy (non-hydrogen) atoms. The normalized spacial score (nSPS) is 10.9. The smallest absolute Gasteiger partial charge is 0.163 e. The number of furan rings is 1. The van der Waals surface area contributed by atoms with E-state index in [0.29, 0.717) is 5.56 Å². The third-order valence-electron chi connectivity index (χ3n) is 3.78. The zero-order chi connectivity index (χ0) is 15.1. The van der Waals surface area contributed by atoms with Crippen molar-refractivity contribution >= 4 is 35.4 Å². The van der Waals surface area contributed by atoms with E-state index in [1.54, 1.807) is 6.07 Å². The Kier molecular flexibility index (Phi) is 2.73. The molecule has 0 aliphatic carbocycles. The predicted octanol–water partition coefficient (Wildman–Crippen LogP) is 2.78. The molecule has 0 saturated heterocycles. The Balaban J connectivity index is 1.97. The van der Waals surface area contributed by atoms with Crippen LogP contribution in [-0.4, -0.2) is 12.8 Å². The van der Waals surface area contributed by atoms with E-state index >= 15 is 0 Å². The number of pyridine rings is 1. The van der Waals surface area contributed by atoms with E-state index < -0.39 is 0 Å². The van der Waals surface area contributed by atoms with Crippen molar-refractivity contribution in [3.05, 3.63) is 60.2 Å². The van der Waals surface area contributed by atoms with Crippen LogP contribution in [0.1, 0.15) is 5.56 Å². The molecule has 4 heteroatoms. The van der Waals surface area contributed by atoms with E-state index in [1.807, 2.05) is 50.3 Å². The average Bonchev–Trinajstić information content (AvgIpc) is 2.91. The van der Waals surface area contributed by atoms with Crippen molar-refractivity contribution in [2.45, 2.75) is 0 Å². The highest BCUT2D eigenvalue weighted by Crippen LogP contribution is 2.32. The summed E-state index contributed by atoms with van der Waals surface area (Å²) in [6.07, 6.45) is 0. The Labute approximate surface area is 128 Å². The molecule has 0 aliphatic heterocycles. The lowest BCUT2D eigenvalue weighted by Crippen LogP contribution is -2.07. The van der Waals surface area contributed by atoms with Crippen LogP contribution in [-0.2, 0) is 0 Å². The first-order valence-corrected chi connectivity index (χ1v) is 7.05. The zero-order valence-corrected chi connectivity index (χ0v) is 12.0. The van der Waals surface area contributed by atoms with Gasteiger partial charge >= 0.3 is 0 Å². The molecule has 0 N–H and O–H groups in total. The second kappa shape index (κ2) is 4.75. The first-order chi connectivity index (χ1) is 10.7. The fourth-order valence-corrected chi connectivity index (χ4v) is 2.71. The molecule has 0 fully saturated rings. The number of fused-ring (bicyclic) bond motifs is 3. The molecule has 0 unspecified atom stereocenters. The van der Waals surface area contributed by atoms with Gasteiger partial charge in [-0.15, -0.1) is 0 Å². The van der Waals surface area contributed by atoms with Crippen molar-refractivity contribution in [3.8, 4) is 17.3 Å². The van der Waals surface area contributed by atoms with Crippen molar-refractivity contribution in [3.63, 3.8) is 0 Å². The molecule has 2 aromatic carbocycles. The molecule has 2 aromatic heterocycles. The summed E-state index contributed by atoms with van der Waals surface area (Å²) in [5, 5.41) is 11.0.